The van der Waals surface area contributed by atoms with Crippen molar-refractivity contribution in [3.05, 3.63) is 23.8 Å². The van der Waals surface area contributed by atoms with Gasteiger partial charge in [-0.25, -0.2) is 0 Å². The maximum Gasteiger partial charge on any atom is 0.227 e. The molecule has 2 atom stereocenters. The van der Waals surface area contributed by atoms with Gasteiger partial charge in [0.15, 0.2) is 0 Å². The Morgan fingerprint density at radius 1 is 1.11 bits per heavy atom. The minimum Gasteiger partial charge on any atom is -0.368 e. The summed E-state index contributed by atoms with van der Waals surface area (Å²) in [6.07, 6.45) is 9.26. The number of unbranched alkanes of at least 4 members (excludes halogenated alkanes) is 4. The summed E-state index contributed by atoms with van der Waals surface area (Å²) in [4.78, 5) is 15.3. The highest BCUT2D eigenvalue weighted by Gasteiger charge is 2.41. The smallest absolute Gasteiger partial charge is 0.227 e. The molecule has 1 N–H and O–H groups in total. The Kier molecular flexibility index (Phi) is 8.39. The summed E-state index contributed by atoms with van der Waals surface area (Å²) >= 11 is 0. The Bertz CT molecular complexity index is 637. The second-order valence-corrected chi connectivity index (χ2v) is 9.12. The van der Waals surface area contributed by atoms with Gasteiger partial charge in [-0.2, -0.15) is 0 Å². The van der Waals surface area contributed by atoms with Gasteiger partial charge in [0.25, 0.3) is 0 Å². The molecule has 0 aromatic heterocycles. The van der Waals surface area contributed by atoms with Crippen LogP contribution in [-0.2, 0) is 10.2 Å². The van der Waals surface area contributed by atoms with Crippen LogP contribution in [0.3, 0.4) is 0 Å². The first-order valence-electron chi connectivity index (χ1n) is 11.6. The van der Waals surface area contributed by atoms with Crippen molar-refractivity contribution >= 4 is 17.3 Å². The summed E-state index contributed by atoms with van der Waals surface area (Å²) in [5, 5.41) is 3.21. The lowest BCUT2D eigenvalue weighted by molar-refractivity contribution is -0.120. The Morgan fingerprint density at radius 3 is 2.46 bits per heavy atom. The van der Waals surface area contributed by atoms with E-state index >= 15 is 0 Å². The molecular formula is C25H42N2O. The van der Waals surface area contributed by atoms with Crippen LogP contribution in [0.25, 0.3) is 0 Å². The zero-order valence-electron chi connectivity index (χ0n) is 19.1. The average molecular weight is 387 g/mol. The number of carbonyl (C=O) groups excluding carboxylic acids is 1. The van der Waals surface area contributed by atoms with Crippen molar-refractivity contribution < 1.29 is 4.79 Å². The Hall–Kier alpha value is -1.51. The largest absolute Gasteiger partial charge is 0.368 e. The minimum atomic E-state index is 0.119. The van der Waals surface area contributed by atoms with Gasteiger partial charge in [0.05, 0.1) is 0 Å². The molecule has 1 aliphatic heterocycles. The molecule has 2 rings (SSSR count). The topological polar surface area (TPSA) is 32.3 Å². The molecule has 2 unspecified atom stereocenters. The zero-order chi connectivity index (χ0) is 20.7. The molecule has 0 aliphatic carbocycles. The highest BCUT2D eigenvalue weighted by molar-refractivity contribution is 5.93. The van der Waals surface area contributed by atoms with Crippen LogP contribution in [0.2, 0.25) is 0 Å². The van der Waals surface area contributed by atoms with E-state index in [4.69, 9.17) is 0 Å². The molecule has 0 fully saturated rings. The fourth-order valence-corrected chi connectivity index (χ4v) is 4.45. The van der Waals surface area contributed by atoms with E-state index in [1.165, 1.54) is 36.9 Å². The van der Waals surface area contributed by atoms with Crippen molar-refractivity contribution in [2.24, 2.45) is 5.92 Å². The summed E-state index contributed by atoms with van der Waals surface area (Å²) in [5.74, 6) is 0.296. The minimum absolute atomic E-state index is 0.119. The van der Waals surface area contributed by atoms with Crippen molar-refractivity contribution in [3.63, 3.8) is 0 Å². The van der Waals surface area contributed by atoms with Crippen LogP contribution in [0.1, 0.15) is 98.5 Å². The lowest BCUT2D eigenvalue weighted by Crippen LogP contribution is -2.39. The van der Waals surface area contributed by atoms with Gasteiger partial charge >= 0.3 is 0 Å². The summed E-state index contributed by atoms with van der Waals surface area (Å²) in [5.41, 5.74) is 3.80. The van der Waals surface area contributed by atoms with E-state index in [-0.39, 0.29) is 17.2 Å². The number of anilines is 2. The number of nitrogens with zero attached hydrogens (tertiary/aromatic N) is 1. The number of benzene rings is 1. The van der Waals surface area contributed by atoms with Crippen molar-refractivity contribution in [2.45, 2.75) is 104 Å². The first kappa shape index (κ1) is 22.8. The Balaban J connectivity index is 2.16. The molecule has 1 aromatic rings. The van der Waals surface area contributed by atoms with E-state index in [9.17, 15) is 4.79 Å². The Morgan fingerprint density at radius 2 is 1.82 bits per heavy atom. The number of amides is 1. The molecule has 3 heteroatoms. The van der Waals surface area contributed by atoms with Crippen LogP contribution in [-0.4, -0.2) is 18.5 Å². The fourth-order valence-electron chi connectivity index (χ4n) is 4.45. The number of nitrogens with one attached hydrogen (secondary N) is 1. The van der Waals surface area contributed by atoms with Crippen molar-refractivity contribution in [1.82, 2.24) is 0 Å². The number of carbonyl (C=O) groups is 1. The molecule has 1 amide bonds. The second-order valence-electron chi connectivity index (χ2n) is 9.12. The lowest BCUT2D eigenvalue weighted by Gasteiger charge is -2.31. The quantitative estimate of drug-likeness (QED) is 0.419. The molecule has 0 radical (unpaired) electrons. The number of hydrogen-bond donors (Lipinski definition) is 1. The third-order valence-corrected chi connectivity index (χ3v) is 6.80. The van der Waals surface area contributed by atoms with Gasteiger partial charge in [-0.15, -0.1) is 0 Å². The lowest BCUT2D eigenvalue weighted by atomic mass is 9.81. The van der Waals surface area contributed by atoms with Gasteiger partial charge in [0.2, 0.25) is 5.91 Å². The summed E-state index contributed by atoms with van der Waals surface area (Å²) in [7, 11) is 0. The summed E-state index contributed by atoms with van der Waals surface area (Å²) in [6.45, 7) is 14.7. The average Bonchev–Trinajstić information content (AvgIpc) is 2.85. The third-order valence-electron chi connectivity index (χ3n) is 6.80. The van der Waals surface area contributed by atoms with Crippen molar-refractivity contribution in [1.29, 1.82) is 0 Å². The van der Waals surface area contributed by atoms with Crippen LogP contribution in [0.5, 0.6) is 0 Å². The monoisotopic (exact) mass is 386 g/mol. The molecule has 158 valence electrons. The number of hydrogen-bond acceptors (Lipinski definition) is 2. The fraction of sp³-hybridized carbons (Fsp3) is 0.720. The molecule has 0 saturated heterocycles. The first-order valence-corrected chi connectivity index (χ1v) is 11.6. The van der Waals surface area contributed by atoms with Gasteiger partial charge in [0, 0.05) is 35.3 Å². The van der Waals surface area contributed by atoms with Crippen LogP contribution >= 0.6 is 0 Å². The molecule has 0 bridgehead atoms. The first-order chi connectivity index (χ1) is 13.4. The van der Waals surface area contributed by atoms with Gasteiger partial charge in [0.1, 0.15) is 0 Å². The number of fused-ring (bicyclic) bond motifs is 1. The number of rotatable bonds is 11. The molecule has 28 heavy (non-hydrogen) atoms. The van der Waals surface area contributed by atoms with Crippen molar-refractivity contribution in [3.8, 4) is 0 Å². The Labute approximate surface area is 173 Å². The van der Waals surface area contributed by atoms with Gasteiger partial charge in [-0.05, 0) is 43.9 Å². The maximum absolute atomic E-state index is 12.7. The summed E-state index contributed by atoms with van der Waals surface area (Å²) < 4.78 is 0. The van der Waals surface area contributed by atoms with E-state index in [0.29, 0.717) is 6.04 Å². The highest BCUT2D eigenvalue weighted by Crippen LogP contribution is 2.46. The molecule has 0 saturated carbocycles. The predicted molar refractivity (Wildman–Crippen MR) is 122 cm³/mol. The third kappa shape index (κ3) is 5.10. The van der Waals surface area contributed by atoms with Gasteiger partial charge in [-0.3, -0.25) is 4.79 Å². The molecule has 3 nitrogen and oxygen atoms in total. The molecule has 1 heterocycles. The van der Waals surface area contributed by atoms with Crippen LogP contribution < -0.4 is 10.2 Å². The van der Waals surface area contributed by atoms with E-state index in [2.05, 4.69) is 70.0 Å². The van der Waals surface area contributed by atoms with Gasteiger partial charge in [-0.1, -0.05) is 72.8 Å². The van der Waals surface area contributed by atoms with Crippen LogP contribution in [0.4, 0.5) is 11.4 Å². The SMILES string of the molecule is CCCCCCN1c2cc(NC(=O)C(CC)CCCC)ccc2C(C)(C)C1C. The van der Waals surface area contributed by atoms with Crippen LogP contribution in [0.15, 0.2) is 18.2 Å². The van der Waals surface area contributed by atoms with E-state index < -0.39 is 0 Å². The van der Waals surface area contributed by atoms with Crippen molar-refractivity contribution in [2.75, 3.05) is 16.8 Å². The normalized spacial score (nSPS) is 18.8. The van der Waals surface area contributed by atoms with E-state index in [1.807, 2.05) is 0 Å². The molecule has 0 spiro atoms. The zero-order valence-corrected chi connectivity index (χ0v) is 19.1. The summed E-state index contributed by atoms with van der Waals surface area (Å²) in [6, 6.07) is 7.02. The molecule has 1 aromatic carbocycles. The maximum atomic E-state index is 12.7. The standard InChI is InChI=1S/C25H42N2O/c1-7-10-12-13-17-27-19(4)25(5,6)22-16-15-21(18-23(22)27)26-24(28)20(9-3)14-11-8-2/h15-16,18-20H,7-14,17H2,1-6H3,(H,26,28). The molecular weight excluding hydrogens is 344 g/mol. The highest BCUT2D eigenvalue weighted by atomic mass is 16.1. The van der Waals surface area contributed by atoms with Gasteiger partial charge < -0.3 is 10.2 Å². The van der Waals surface area contributed by atoms with E-state index in [1.54, 1.807) is 0 Å². The van der Waals surface area contributed by atoms with Crippen LogP contribution in [0, 0.1) is 5.92 Å². The van der Waals surface area contributed by atoms with E-state index in [0.717, 1.165) is 37.9 Å². The predicted octanol–water partition coefficient (Wildman–Crippen LogP) is 6.91. The second kappa shape index (κ2) is 10.3. The molecule has 1 aliphatic rings.